The van der Waals surface area contributed by atoms with E-state index in [9.17, 15) is 23.3 Å². The van der Waals surface area contributed by atoms with Gasteiger partial charge in [0.25, 0.3) is 12.1 Å². The zero-order valence-electron chi connectivity index (χ0n) is 6.38. The van der Waals surface area contributed by atoms with Gasteiger partial charge < -0.3 is 0 Å². The molecule has 0 spiro atoms. The Labute approximate surface area is 89.4 Å². The zero-order valence-corrected chi connectivity index (χ0v) is 8.53. The molecule has 8 heteroatoms. The van der Waals surface area contributed by atoms with Gasteiger partial charge >= 0.3 is 0 Å². The second-order valence-corrected chi connectivity index (χ2v) is 3.30. The zero-order chi connectivity index (χ0) is 10.9. The first-order chi connectivity index (χ1) is 6.45. The van der Waals surface area contributed by atoms with Crippen molar-refractivity contribution in [3.8, 4) is 0 Å². The highest BCUT2D eigenvalue weighted by molar-refractivity contribution is 14.1. The highest BCUT2D eigenvalue weighted by atomic mass is 127. The smallest absolute Gasteiger partial charge is 0.258 e. The van der Waals surface area contributed by atoms with E-state index in [1.807, 2.05) is 0 Å². The molecule has 0 bridgehead atoms. The Kier molecular flexibility index (Phi) is 3.24. The third kappa shape index (κ3) is 1.94. The number of nitro groups is 1. The molecule has 0 unspecified atom stereocenters. The number of rotatable bonds is 2. The molecule has 1 aromatic rings. The molecule has 1 aromatic heterocycles. The van der Waals surface area contributed by atoms with Crippen molar-refractivity contribution in [2.75, 3.05) is 0 Å². The number of nitrogens with zero attached hydrogens (tertiary/aromatic N) is 2. The van der Waals surface area contributed by atoms with Crippen molar-refractivity contribution in [2.24, 2.45) is 0 Å². The number of alkyl halides is 2. The highest BCUT2D eigenvalue weighted by Crippen LogP contribution is 2.32. The number of halogens is 4. The molecule has 0 saturated carbocycles. The maximum absolute atomic E-state index is 12.7. The van der Waals surface area contributed by atoms with Crippen LogP contribution in [0, 0.1) is 19.6 Å². The molecule has 4 nitrogen and oxygen atoms in total. The molecule has 0 aliphatic carbocycles. The van der Waals surface area contributed by atoms with Crippen molar-refractivity contribution in [1.29, 1.82) is 0 Å². The second kappa shape index (κ2) is 4.07. The second-order valence-electron chi connectivity index (χ2n) is 2.22. The predicted octanol–water partition coefficient (Wildman–Crippen LogP) is 2.67. The Morgan fingerprint density at radius 1 is 1.57 bits per heavy atom. The summed E-state index contributed by atoms with van der Waals surface area (Å²) in [5.41, 5.74) is -1.80. The van der Waals surface area contributed by atoms with Crippen LogP contribution in [0.4, 0.5) is 18.9 Å². The van der Waals surface area contributed by atoms with Crippen molar-refractivity contribution in [2.45, 2.75) is 6.43 Å². The van der Waals surface area contributed by atoms with Crippen molar-refractivity contribution in [3.05, 3.63) is 31.4 Å². The normalized spacial score (nSPS) is 10.6. The Morgan fingerprint density at radius 3 is 2.57 bits per heavy atom. The van der Waals surface area contributed by atoms with Crippen LogP contribution < -0.4 is 0 Å². The molecule has 0 amide bonds. The van der Waals surface area contributed by atoms with Crippen molar-refractivity contribution in [1.82, 2.24) is 4.98 Å². The third-order valence-corrected chi connectivity index (χ3v) is 2.35. The van der Waals surface area contributed by atoms with Gasteiger partial charge in [-0.25, -0.2) is 13.8 Å². The summed E-state index contributed by atoms with van der Waals surface area (Å²) in [6.45, 7) is 0. The number of hydrogen-bond acceptors (Lipinski definition) is 3. The molecule has 0 aromatic carbocycles. The fourth-order valence-corrected chi connectivity index (χ4v) is 1.46. The van der Waals surface area contributed by atoms with Crippen LogP contribution in [-0.2, 0) is 0 Å². The summed E-state index contributed by atoms with van der Waals surface area (Å²) in [6, 6.07) is 0. The first-order valence-electron chi connectivity index (χ1n) is 3.21. The minimum absolute atomic E-state index is 0.473. The average Bonchev–Trinajstić information content (AvgIpc) is 2.08. The molecular formula is C6H2F3IN2O2. The van der Waals surface area contributed by atoms with E-state index in [0.717, 1.165) is 0 Å². The lowest BCUT2D eigenvalue weighted by Crippen LogP contribution is -2.02. The lowest BCUT2D eigenvalue weighted by Gasteiger charge is -2.02. The molecular weight excluding hydrogens is 316 g/mol. The Hall–Kier alpha value is -0.930. The van der Waals surface area contributed by atoms with Crippen molar-refractivity contribution >= 4 is 28.3 Å². The van der Waals surface area contributed by atoms with E-state index in [4.69, 9.17) is 0 Å². The number of hydrogen-bond donors (Lipinski definition) is 0. The third-order valence-electron chi connectivity index (χ3n) is 1.40. The van der Waals surface area contributed by atoms with Gasteiger partial charge in [-0.2, -0.15) is 4.39 Å². The Bertz CT molecular complexity index is 386. The number of pyridine rings is 1. The molecule has 0 aliphatic rings. The quantitative estimate of drug-likeness (QED) is 0.365. The van der Waals surface area contributed by atoms with Gasteiger partial charge in [0.1, 0.15) is 9.13 Å². The molecule has 1 rings (SSSR count). The summed E-state index contributed by atoms with van der Waals surface area (Å²) in [4.78, 5) is 12.3. The monoisotopic (exact) mass is 318 g/mol. The summed E-state index contributed by atoms with van der Waals surface area (Å²) in [5, 5.41) is 10.4. The molecule has 76 valence electrons. The first-order valence-corrected chi connectivity index (χ1v) is 4.29. The standard InChI is InChI=1S/C6H2F3IN2O2/c7-5(8)2-1-11-6(9)3(10)4(2)12(13)14/h1,5H. The average molecular weight is 318 g/mol. The molecule has 1 heterocycles. The Balaban J connectivity index is 3.45. The first kappa shape index (κ1) is 11.1. The van der Waals surface area contributed by atoms with Gasteiger partial charge in [0.15, 0.2) is 0 Å². The van der Waals surface area contributed by atoms with Gasteiger partial charge in [-0.1, -0.05) is 0 Å². The van der Waals surface area contributed by atoms with E-state index in [0.29, 0.717) is 6.20 Å². The van der Waals surface area contributed by atoms with Crippen LogP contribution in [0.25, 0.3) is 0 Å². The summed E-state index contributed by atoms with van der Waals surface area (Å²) in [5.74, 6) is -1.12. The largest absolute Gasteiger partial charge is 0.297 e. The van der Waals surface area contributed by atoms with Crippen LogP contribution in [0.3, 0.4) is 0 Å². The lowest BCUT2D eigenvalue weighted by atomic mass is 10.2. The summed E-state index contributed by atoms with van der Waals surface area (Å²) in [7, 11) is 0. The van der Waals surface area contributed by atoms with Crippen LogP contribution >= 0.6 is 22.6 Å². The van der Waals surface area contributed by atoms with Crippen LogP contribution in [0.5, 0.6) is 0 Å². The van der Waals surface area contributed by atoms with Gasteiger partial charge in [-0.15, -0.1) is 0 Å². The van der Waals surface area contributed by atoms with E-state index < -0.39 is 32.1 Å². The minimum atomic E-state index is -3.04. The van der Waals surface area contributed by atoms with Gasteiger partial charge in [-0.05, 0) is 22.6 Å². The van der Waals surface area contributed by atoms with E-state index in [1.165, 1.54) is 22.6 Å². The van der Waals surface area contributed by atoms with Gasteiger partial charge in [0, 0.05) is 6.20 Å². The number of aromatic nitrogens is 1. The summed E-state index contributed by atoms with van der Waals surface area (Å²) in [6.07, 6.45) is -2.57. The van der Waals surface area contributed by atoms with Gasteiger partial charge in [0.05, 0.1) is 4.92 Å². The molecule has 0 N–H and O–H groups in total. The lowest BCUT2D eigenvalue weighted by molar-refractivity contribution is -0.387. The molecule has 0 aliphatic heterocycles. The summed E-state index contributed by atoms with van der Waals surface area (Å²) >= 11 is 1.27. The topological polar surface area (TPSA) is 56.0 Å². The van der Waals surface area contributed by atoms with Crippen molar-refractivity contribution < 1.29 is 18.1 Å². The molecule has 0 fully saturated rings. The van der Waals surface area contributed by atoms with E-state index in [2.05, 4.69) is 4.98 Å². The van der Waals surface area contributed by atoms with Gasteiger partial charge in [0.2, 0.25) is 5.95 Å². The maximum atomic E-state index is 12.7. The van der Waals surface area contributed by atoms with Crippen molar-refractivity contribution in [3.63, 3.8) is 0 Å². The van der Waals surface area contributed by atoms with Crippen LogP contribution in [0.2, 0.25) is 0 Å². The maximum Gasteiger partial charge on any atom is 0.297 e. The molecule has 0 radical (unpaired) electrons. The van der Waals surface area contributed by atoms with Crippen LogP contribution in [-0.4, -0.2) is 9.91 Å². The fourth-order valence-electron chi connectivity index (χ4n) is 0.814. The van der Waals surface area contributed by atoms with Crippen LogP contribution in [0.1, 0.15) is 12.0 Å². The van der Waals surface area contributed by atoms with Gasteiger partial charge in [-0.3, -0.25) is 10.1 Å². The predicted molar refractivity (Wildman–Crippen MR) is 48.5 cm³/mol. The SMILES string of the molecule is O=[N+]([O-])c1c(C(F)F)cnc(F)c1I. The molecule has 0 saturated heterocycles. The Morgan fingerprint density at radius 2 is 2.14 bits per heavy atom. The van der Waals surface area contributed by atoms with E-state index in [-0.39, 0.29) is 0 Å². The fraction of sp³-hybridized carbons (Fsp3) is 0.167. The van der Waals surface area contributed by atoms with E-state index in [1.54, 1.807) is 0 Å². The minimum Gasteiger partial charge on any atom is -0.258 e. The highest BCUT2D eigenvalue weighted by Gasteiger charge is 2.27. The van der Waals surface area contributed by atoms with E-state index >= 15 is 0 Å². The van der Waals surface area contributed by atoms with Crippen LogP contribution in [0.15, 0.2) is 6.20 Å². The molecule has 0 atom stereocenters. The molecule has 14 heavy (non-hydrogen) atoms. The summed E-state index contributed by atoms with van der Waals surface area (Å²) < 4.78 is 36.7.